The van der Waals surface area contributed by atoms with Crippen molar-refractivity contribution in [2.24, 2.45) is 16.8 Å². The molecule has 2 unspecified atom stereocenters. The Balaban J connectivity index is 1.49. The molecule has 2 heterocycles. The molecule has 0 radical (unpaired) electrons. The number of guanidine groups is 1. The van der Waals surface area contributed by atoms with E-state index in [1.54, 1.807) is 0 Å². The van der Waals surface area contributed by atoms with Gasteiger partial charge in [-0.15, -0.1) is 0 Å². The highest BCUT2D eigenvalue weighted by molar-refractivity contribution is 5.80. The molecule has 1 amide bonds. The lowest BCUT2D eigenvalue weighted by atomic mass is 9.85. The molecule has 3 rings (SSSR count). The average Bonchev–Trinajstić information content (AvgIpc) is 3.14. The molecule has 0 aromatic carbocycles. The van der Waals surface area contributed by atoms with Crippen LogP contribution >= 0.6 is 0 Å². The number of imidazole rings is 1. The summed E-state index contributed by atoms with van der Waals surface area (Å²) in [4.78, 5) is 23.3. The van der Waals surface area contributed by atoms with Gasteiger partial charge in [-0.05, 0) is 38.5 Å². The summed E-state index contributed by atoms with van der Waals surface area (Å²) >= 11 is 0. The van der Waals surface area contributed by atoms with E-state index in [-0.39, 0.29) is 11.8 Å². The van der Waals surface area contributed by atoms with Crippen LogP contribution in [-0.4, -0.2) is 59.0 Å². The van der Waals surface area contributed by atoms with Gasteiger partial charge in [0.2, 0.25) is 5.91 Å². The minimum atomic E-state index is 0.227. The van der Waals surface area contributed by atoms with Crippen molar-refractivity contribution in [3.63, 3.8) is 0 Å². The van der Waals surface area contributed by atoms with Crippen LogP contribution in [0.25, 0.3) is 0 Å². The molecule has 27 heavy (non-hydrogen) atoms. The van der Waals surface area contributed by atoms with Gasteiger partial charge in [0.15, 0.2) is 5.96 Å². The third kappa shape index (κ3) is 5.23. The van der Waals surface area contributed by atoms with Crippen LogP contribution < -0.4 is 10.6 Å². The summed E-state index contributed by atoms with van der Waals surface area (Å²) in [6.07, 6.45) is 11.2. The van der Waals surface area contributed by atoms with Gasteiger partial charge in [-0.1, -0.05) is 13.3 Å². The van der Waals surface area contributed by atoms with Gasteiger partial charge in [-0.2, -0.15) is 0 Å². The van der Waals surface area contributed by atoms with E-state index in [4.69, 9.17) is 4.99 Å². The summed E-state index contributed by atoms with van der Waals surface area (Å²) in [6, 6.07) is 0.423. The lowest BCUT2D eigenvalue weighted by Gasteiger charge is -2.39. The Hall–Kier alpha value is -2.05. The van der Waals surface area contributed by atoms with Gasteiger partial charge in [0, 0.05) is 51.0 Å². The molecule has 1 aliphatic carbocycles. The lowest BCUT2D eigenvalue weighted by molar-refractivity contribution is -0.127. The third-order valence-electron chi connectivity index (χ3n) is 5.83. The number of hydrogen-bond donors (Lipinski definition) is 2. The van der Waals surface area contributed by atoms with E-state index >= 15 is 0 Å². The van der Waals surface area contributed by atoms with Crippen LogP contribution in [0.1, 0.15) is 52.0 Å². The van der Waals surface area contributed by atoms with E-state index in [1.165, 1.54) is 6.42 Å². The summed E-state index contributed by atoms with van der Waals surface area (Å²) in [5.74, 6) is 2.10. The number of aromatic nitrogens is 2. The van der Waals surface area contributed by atoms with Gasteiger partial charge in [0.1, 0.15) is 0 Å². The van der Waals surface area contributed by atoms with Gasteiger partial charge in [0.25, 0.3) is 0 Å². The van der Waals surface area contributed by atoms with Crippen molar-refractivity contribution in [3.05, 3.63) is 18.7 Å². The van der Waals surface area contributed by atoms with E-state index in [0.717, 1.165) is 57.8 Å². The summed E-state index contributed by atoms with van der Waals surface area (Å²) in [6.45, 7) is 8.70. The first-order chi connectivity index (χ1) is 13.2. The first kappa shape index (κ1) is 19.7. The second-order valence-corrected chi connectivity index (χ2v) is 7.80. The fourth-order valence-electron chi connectivity index (χ4n) is 3.81. The van der Waals surface area contributed by atoms with E-state index in [0.29, 0.717) is 18.5 Å². The van der Waals surface area contributed by atoms with E-state index in [1.807, 2.05) is 12.5 Å². The minimum absolute atomic E-state index is 0.227. The highest BCUT2D eigenvalue weighted by Crippen LogP contribution is 2.27. The maximum absolute atomic E-state index is 11.9. The average molecular weight is 375 g/mol. The molecule has 2 atom stereocenters. The molecule has 150 valence electrons. The van der Waals surface area contributed by atoms with Gasteiger partial charge in [0.05, 0.1) is 12.4 Å². The molecule has 1 aromatic heterocycles. The Morgan fingerprint density at radius 2 is 2.15 bits per heavy atom. The molecule has 0 bridgehead atoms. The monoisotopic (exact) mass is 374 g/mol. The molecule has 2 N–H and O–H groups in total. The number of piperidine rings is 1. The summed E-state index contributed by atoms with van der Waals surface area (Å²) in [5.41, 5.74) is 0. The number of carbonyl (C=O) groups excluding carboxylic acids is 1. The zero-order valence-electron chi connectivity index (χ0n) is 16.7. The molecule has 1 aliphatic heterocycles. The lowest BCUT2D eigenvalue weighted by Crippen LogP contribution is -2.49. The predicted molar refractivity (Wildman–Crippen MR) is 108 cm³/mol. The van der Waals surface area contributed by atoms with Crippen molar-refractivity contribution in [3.8, 4) is 0 Å². The third-order valence-corrected chi connectivity index (χ3v) is 5.83. The molecule has 7 heteroatoms. The highest BCUT2D eigenvalue weighted by Gasteiger charge is 2.29. The SMILES string of the molecule is CCNC(=NCCCNC(=O)C1CCC1)N1CCC(C)C(n2ccnc2)C1. The summed E-state index contributed by atoms with van der Waals surface area (Å²) in [7, 11) is 0. The zero-order chi connectivity index (χ0) is 19.1. The van der Waals surface area contributed by atoms with E-state index < -0.39 is 0 Å². The van der Waals surface area contributed by atoms with Crippen LogP contribution in [0.5, 0.6) is 0 Å². The van der Waals surface area contributed by atoms with Gasteiger partial charge >= 0.3 is 0 Å². The van der Waals surface area contributed by atoms with E-state index in [9.17, 15) is 4.79 Å². The molecular weight excluding hydrogens is 340 g/mol. The summed E-state index contributed by atoms with van der Waals surface area (Å²) in [5, 5.41) is 6.48. The highest BCUT2D eigenvalue weighted by atomic mass is 16.1. The Labute approximate surface area is 162 Å². The standard InChI is InChI=1S/C20H34N6O/c1-3-22-20(24-10-5-9-23-19(27)17-6-4-7-17)25-12-8-16(2)18(14-25)26-13-11-21-15-26/h11,13,15-18H,3-10,12,14H2,1-2H3,(H,22,24)(H,23,27). The smallest absolute Gasteiger partial charge is 0.223 e. The van der Waals surface area contributed by atoms with Gasteiger partial charge in [-0.25, -0.2) is 4.98 Å². The van der Waals surface area contributed by atoms with Crippen LogP contribution in [0.4, 0.5) is 0 Å². The summed E-state index contributed by atoms with van der Waals surface area (Å²) < 4.78 is 2.22. The number of amides is 1. The van der Waals surface area contributed by atoms with Crippen molar-refractivity contribution in [1.82, 2.24) is 25.1 Å². The molecule has 1 saturated heterocycles. The maximum Gasteiger partial charge on any atom is 0.223 e. The van der Waals surface area contributed by atoms with Crippen LogP contribution in [-0.2, 0) is 4.79 Å². The Morgan fingerprint density at radius 3 is 2.81 bits per heavy atom. The second-order valence-electron chi connectivity index (χ2n) is 7.80. The number of nitrogens with one attached hydrogen (secondary N) is 2. The second kappa shape index (κ2) is 9.76. The molecule has 1 saturated carbocycles. The number of aliphatic imine (C=N–C) groups is 1. The Bertz CT molecular complexity index is 610. The number of likely N-dealkylation sites (tertiary alicyclic amines) is 1. The van der Waals surface area contributed by atoms with Crippen LogP contribution in [0.15, 0.2) is 23.7 Å². The fourth-order valence-corrected chi connectivity index (χ4v) is 3.81. The largest absolute Gasteiger partial charge is 0.357 e. The van der Waals surface area contributed by atoms with E-state index in [2.05, 4.69) is 45.1 Å². The molecule has 1 aromatic rings. The quantitative estimate of drug-likeness (QED) is 0.435. The Morgan fingerprint density at radius 1 is 1.30 bits per heavy atom. The molecule has 0 spiro atoms. The molecule has 2 fully saturated rings. The van der Waals surface area contributed by atoms with Gasteiger partial charge < -0.3 is 20.1 Å². The number of hydrogen-bond acceptors (Lipinski definition) is 3. The van der Waals surface area contributed by atoms with Gasteiger partial charge in [-0.3, -0.25) is 9.79 Å². The molecular formula is C20H34N6O. The van der Waals surface area contributed by atoms with Crippen molar-refractivity contribution < 1.29 is 4.79 Å². The number of rotatable bonds is 7. The maximum atomic E-state index is 11.9. The molecule has 2 aliphatic rings. The fraction of sp³-hybridized carbons (Fsp3) is 0.750. The van der Waals surface area contributed by atoms with Crippen molar-refractivity contribution >= 4 is 11.9 Å². The number of carbonyl (C=O) groups is 1. The van der Waals surface area contributed by atoms with Crippen molar-refractivity contribution in [2.45, 2.75) is 52.0 Å². The molecule has 7 nitrogen and oxygen atoms in total. The first-order valence-corrected chi connectivity index (χ1v) is 10.5. The predicted octanol–water partition coefficient (Wildman–Crippen LogP) is 2.04. The number of nitrogens with zero attached hydrogens (tertiary/aromatic N) is 4. The van der Waals surface area contributed by atoms with Crippen LogP contribution in [0, 0.1) is 11.8 Å². The first-order valence-electron chi connectivity index (χ1n) is 10.5. The zero-order valence-corrected chi connectivity index (χ0v) is 16.7. The minimum Gasteiger partial charge on any atom is -0.357 e. The topological polar surface area (TPSA) is 74.6 Å². The van der Waals surface area contributed by atoms with Crippen molar-refractivity contribution in [1.29, 1.82) is 0 Å². The normalized spacial score (nSPS) is 23.8. The van der Waals surface area contributed by atoms with Crippen LogP contribution in [0.3, 0.4) is 0 Å². The van der Waals surface area contributed by atoms with Crippen LogP contribution in [0.2, 0.25) is 0 Å². The Kier molecular flexibility index (Phi) is 7.12. The van der Waals surface area contributed by atoms with Crippen molar-refractivity contribution in [2.75, 3.05) is 32.7 Å².